The number of hydrogen-bond donors (Lipinski definition) is 1. The molecule has 1 unspecified atom stereocenters. The van der Waals surface area contributed by atoms with E-state index in [9.17, 15) is 0 Å². The minimum absolute atomic E-state index is 0.350. The first-order chi connectivity index (χ1) is 5.31. The average Bonchev–Trinajstić information content (AvgIpc) is 2.01. The van der Waals surface area contributed by atoms with Gasteiger partial charge in [-0.2, -0.15) is 0 Å². The van der Waals surface area contributed by atoms with Crippen molar-refractivity contribution in [3.05, 3.63) is 0 Å². The lowest BCUT2D eigenvalue weighted by molar-refractivity contribution is 0.271. The van der Waals surface area contributed by atoms with Crippen LogP contribution in [0, 0.1) is 5.92 Å². The zero-order valence-electron chi connectivity index (χ0n) is 7.35. The lowest BCUT2D eigenvalue weighted by Gasteiger charge is -2.08. The second kappa shape index (κ2) is 8.54. The molecule has 2 heteroatoms. The number of halogens is 1. The highest BCUT2D eigenvalue weighted by Crippen LogP contribution is 2.13. The number of aliphatic hydroxyl groups is 1. The molecule has 0 fully saturated rings. The van der Waals surface area contributed by atoms with E-state index in [1.807, 2.05) is 0 Å². The molecular formula is C9H19BrO. The molecule has 0 aromatic heterocycles. The molecule has 11 heavy (non-hydrogen) atoms. The van der Waals surface area contributed by atoms with Crippen molar-refractivity contribution in [2.45, 2.75) is 39.0 Å². The van der Waals surface area contributed by atoms with E-state index in [0.29, 0.717) is 6.61 Å². The predicted octanol–water partition coefficient (Wildman–Crippen LogP) is 2.96. The quantitative estimate of drug-likeness (QED) is 0.519. The van der Waals surface area contributed by atoms with Gasteiger partial charge in [0, 0.05) is 11.9 Å². The summed E-state index contributed by atoms with van der Waals surface area (Å²) in [4.78, 5) is 0. The Hall–Kier alpha value is 0.440. The Morgan fingerprint density at radius 2 is 1.82 bits per heavy atom. The average molecular weight is 223 g/mol. The molecule has 1 nitrogen and oxygen atoms in total. The fourth-order valence-corrected chi connectivity index (χ4v) is 1.57. The Labute approximate surface area is 78.3 Å². The maximum atomic E-state index is 8.58. The molecule has 0 saturated heterocycles. The van der Waals surface area contributed by atoms with Gasteiger partial charge in [0.2, 0.25) is 0 Å². The highest BCUT2D eigenvalue weighted by Gasteiger charge is 2.00. The molecule has 0 rings (SSSR count). The first kappa shape index (κ1) is 11.4. The summed E-state index contributed by atoms with van der Waals surface area (Å²) in [7, 11) is 0. The van der Waals surface area contributed by atoms with Crippen molar-refractivity contribution in [2.24, 2.45) is 5.92 Å². The molecule has 0 aliphatic rings. The van der Waals surface area contributed by atoms with E-state index in [1.54, 1.807) is 0 Å². The molecule has 1 atom stereocenters. The van der Waals surface area contributed by atoms with E-state index in [0.717, 1.165) is 17.7 Å². The summed E-state index contributed by atoms with van der Waals surface area (Å²) >= 11 is 3.41. The SMILES string of the molecule is CC(CCCO)CCCCBr. The number of hydrogen-bond acceptors (Lipinski definition) is 1. The van der Waals surface area contributed by atoms with Gasteiger partial charge >= 0.3 is 0 Å². The van der Waals surface area contributed by atoms with Crippen LogP contribution in [-0.4, -0.2) is 17.0 Å². The van der Waals surface area contributed by atoms with Crippen molar-refractivity contribution >= 4 is 15.9 Å². The second-order valence-corrected chi connectivity index (χ2v) is 3.95. The van der Waals surface area contributed by atoms with Gasteiger partial charge in [0.25, 0.3) is 0 Å². The summed E-state index contributed by atoms with van der Waals surface area (Å²) in [5, 5.41) is 9.70. The molecular weight excluding hydrogens is 204 g/mol. The van der Waals surface area contributed by atoms with Crippen LogP contribution in [0.25, 0.3) is 0 Å². The molecule has 0 saturated carbocycles. The zero-order chi connectivity index (χ0) is 8.53. The van der Waals surface area contributed by atoms with Crippen molar-refractivity contribution < 1.29 is 5.11 Å². The van der Waals surface area contributed by atoms with Gasteiger partial charge in [0.05, 0.1) is 0 Å². The fraction of sp³-hybridized carbons (Fsp3) is 1.00. The minimum atomic E-state index is 0.350. The van der Waals surface area contributed by atoms with E-state index in [4.69, 9.17) is 5.11 Å². The van der Waals surface area contributed by atoms with E-state index >= 15 is 0 Å². The maximum absolute atomic E-state index is 8.58. The van der Waals surface area contributed by atoms with Crippen molar-refractivity contribution in [1.82, 2.24) is 0 Å². The maximum Gasteiger partial charge on any atom is 0.0431 e. The Balaban J connectivity index is 3.02. The molecule has 0 aromatic rings. The molecule has 0 bridgehead atoms. The smallest absolute Gasteiger partial charge is 0.0431 e. The second-order valence-electron chi connectivity index (χ2n) is 3.16. The largest absolute Gasteiger partial charge is 0.396 e. The molecule has 0 aliphatic carbocycles. The highest BCUT2D eigenvalue weighted by atomic mass is 79.9. The Bertz CT molecular complexity index is 76.0. The first-order valence-corrected chi connectivity index (χ1v) is 5.60. The van der Waals surface area contributed by atoms with Gasteiger partial charge in [-0.05, 0) is 25.2 Å². The molecule has 1 N–H and O–H groups in total. The number of aliphatic hydroxyl groups excluding tert-OH is 1. The van der Waals surface area contributed by atoms with Crippen molar-refractivity contribution in [2.75, 3.05) is 11.9 Å². The van der Waals surface area contributed by atoms with Crippen molar-refractivity contribution in [1.29, 1.82) is 0 Å². The summed E-state index contributed by atoms with van der Waals surface area (Å²) < 4.78 is 0. The van der Waals surface area contributed by atoms with Crippen molar-refractivity contribution in [3.63, 3.8) is 0 Å². The van der Waals surface area contributed by atoms with Crippen molar-refractivity contribution in [3.8, 4) is 0 Å². The van der Waals surface area contributed by atoms with Gasteiger partial charge < -0.3 is 5.11 Å². The summed E-state index contributed by atoms with van der Waals surface area (Å²) in [6.45, 7) is 2.62. The summed E-state index contributed by atoms with van der Waals surface area (Å²) in [6, 6.07) is 0. The van der Waals surface area contributed by atoms with Crippen LogP contribution in [-0.2, 0) is 0 Å². The third-order valence-corrected chi connectivity index (χ3v) is 2.50. The standard InChI is InChI=1S/C9H19BrO/c1-9(6-4-8-11)5-2-3-7-10/h9,11H,2-8H2,1H3. The lowest BCUT2D eigenvalue weighted by atomic mass is 9.99. The Morgan fingerprint density at radius 1 is 1.18 bits per heavy atom. The summed E-state index contributed by atoms with van der Waals surface area (Å²) in [5.74, 6) is 0.793. The van der Waals surface area contributed by atoms with Crippen LogP contribution in [0.3, 0.4) is 0 Å². The van der Waals surface area contributed by atoms with Crippen LogP contribution < -0.4 is 0 Å². The summed E-state index contributed by atoms with van der Waals surface area (Å²) in [6.07, 6.45) is 6.06. The predicted molar refractivity (Wildman–Crippen MR) is 53.1 cm³/mol. The van der Waals surface area contributed by atoms with E-state index in [-0.39, 0.29) is 0 Å². The third kappa shape index (κ3) is 8.35. The van der Waals surface area contributed by atoms with Gasteiger partial charge in [-0.3, -0.25) is 0 Å². The third-order valence-electron chi connectivity index (χ3n) is 1.94. The molecule has 0 aliphatic heterocycles. The van der Waals surface area contributed by atoms with E-state index in [2.05, 4.69) is 22.9 Å². The minimum Gasteiger partial charge on any atom is -0.396 e. The number of rotatable bonds is 7. The van der Waals surface area contributed by atoms with Crippen LogP contribution in [0.4, 0.5) is 0 Å². The lowest BCUT2D eigenvalue weighted by Crippen LogP contribution is -1.96. The monoisotopic (exact) mass is 222 g/mol. The Kier molecular flexibility index (Phi) is 8.88. The zero-order valence-corrected chi connectivity index (χ0v) is 8.94. The van der Waals surface area contributed by atoms with Gasteiger partial charge in [-0.1, -0.05) is 35.7 Å². The van der Waals surface area contributed by atoms with E-state index in [1.165, 1.54) is 25.7 Å². The normalized spacial score (nSPS) is 13.4. The first-order valence-electron chi connectivity index (χ1n) is 4.48. The molecule has 0 aromatic carbocycles. The van der Waals surface area contributed by atoms with E-state index < -0.39 is 0 Å². The highest BCUT2D eigenvalue weighted by molar-refractivity contribution is 9.09. The van der Waals surface area contributed by atoms with Crippen LogP contribution in [0.2, 0.25) is 0 Å². The summed E-state index contributed by atoms with van der Waals surface area (Å²) in [5.41, 5.74) is 0. The van der Waals surface area contributed by atoms with Crippen LogP contribution in [0.15, 0.2) is 0 Å². The van der Waals surface area contributed by atoms with Gasteiger partial charge in [-0.25, -0.2) is 0 Å². The van der Waals surface area contributed by atoms with Crippen LogP contribution >= 0.6 is 15.9 Å². The number of unbranched alkanes of at least 4 members (excludes halogenated alkanes) is 1. The fourth-order valence-electron chi connectivity index (χ4n) is 1.17. The topological polar surface area (TPSA) is 20.2 Å². The van der Waals surface area contributed by atoms with Gasteiger partial charge in [-0.15, -0.1) is 0 Å². The van der Waals surface area contributed by atoms with Crippen LogP contribution in [0.1, 0.15) is 39.0 Å². The molecule has 68 valence electrons. The molecule has 0 heterocycles. The van der Waals surface area contributed by atoms with Crippen LogP contribution in [0.5, 0.6) is 0 Å². The molecule has 0 spiro atoms. The number of alkyl halides is 1. The Morgan fingerprint density at radius 3 is 2.36 bits per heavy atom. The van der Waals surface area contributed by atoms with Gasteiger partial charge in [0.15, 0.2) is 0 Å². The van der Waals surface area contributed by atoms with Gasteiger partial charge in [0.1, 0.15) is 0 Å². The molecule has 0 amide bonds. The molecule has 0 radical (unpaired) electrons.